The fraction of sp³-hybridized carbons (Fsp3) is 0.875. The van der Waals surface area contributed by atoms with Crippen molar-refractivity contribution in [2.24, 2.45) is 5.73 Å². The van der Waals surface area contributed by atoms with E-state index in [0.29, 0.717) is 46.0 Å². The second kappa shape index (κ2) is 17.6. The summed E-state index contributed by atoms with van der Waals surface area (Å²) in [6.45, 7) is 4.85. The van der Waals surface area contributed by atoms with Gasteiger partial charge in [0.2, 0.25) is 5.91 Å². The molecule has 0 saturated heterocycles. The summed E-state index contributed by atoms with van der Waals surface area (Å²) in [6.07, 6.45) is 1.92. The number of carbonyl (C=O) groups is 2. The number of aliphatic carboxylic acids is 1. The molecule has 0 fully saturated rings. The number of carboxylic acids is 1. The number of amides is 1. The molecule has 0 aromatic carbocycles. The van der Waals surface area contributed by atoms with Crippen molar-refractivity contribution in [3.63, 3.8) is 0 Å². The van der Waals surface area contributed by atoms with Crippen molar-refractivity contribution in [2.45, 2.75) is 31.7 Å². The zero-order chi connectivity index (χ0) is 18.8. The topological polar surface area (TPSA) is 132 Å². The maximum atomic E-state index is 11.5. The minimum Gasteiger partial charge on any atom is -0.480 e. The number of ether oxygens (including phenoxy) is 3. The summed E-state index contributed by atoms with van der Waals surface area (Å²) in [5, 5.41) is 14.4. The van der Waals surface area contributed by atoms with Gasteiger partial charge >= 0.3 is 5.97 Å². The molecule has 0 bridgehead atoms. The average Bonchev–Trinajstić information content (AvgIpc) is 2.59. The fourth-order valence-electron chi connectivity index (χ4n) is 1.79. The summed E-state index contributed by atoms with van der Waals surface area (Å²) in [5.41, 5.74) is 5.32. The third kappa shape index (κ3) is 17.4. The van der Waals surface area contributed by atoms with E-state index in [9.17, 15) is 9.59 Å². The standard InChI is InChI=1S/C16H33N3O6/c1-18-6-2-8-23-10-12-25-13-11-24-9-3-7-19-15(20)5-4-14(17)16(21)22/h14,18H,2-13,17H2,1H3,(H,19,20)(H,21,22)/t14-/m0/s1. The van der Waals surface area contributed by atoms with Gasteiger partial charge in [0.05, 0.1) is 26.4 Å². The van der Waals surface area contributed by atoms with Crippen LogP contribution in [0.15, 0.2) is 0 Å². The molecule has 0 heterocycles. The Kier molecular flexibility index (Phi) is 16.7. The maximum absolute atomic E-state index is 11.5. The van der Waals surface area contributed by atoms with Crippen molar-refractivity contribution in [3.05, 3.63) is 0 Å². The van der Waals surface area contributed by atoms with Crippen LogP contribution in [0.3, 0.4) is 0 Å². The molecule has 0 aliphatic rings. The molecule has 1 atom stereocenters. The van der Waals surface area contributed by atoms with Gasteiger partial charge in [-0.05, 0) is 32.9 Å². The van der Waals surface area contributed by atoms with Crippen LogP contribution in [0.4, 0.5) is 0 Å². The molecular formula is C16H33N3O6. The van der Waals surface area contributed by atoms with E-state index in [1.54, 1.807) is 0 Å². The van der Waals surface area contributed by atoms with Crippen molar-refractivity contribution in [2.75, 3.05) is 59.8 Å². The van der Waals surface area contributed by atoms with E-state index >= 15 is 0 Å². The molecule has 0 aromatic heterocycles. The van der Waals surface area contributed by atoms with Crippen LogP contribution in [-0.2, 0) is 23.8 Å². The van der Waals surface area contributed by atoms with Gasteiger partial charge in [-0.1, -0.05) is 0 Å². The lowest BCUT2D eigenvalue weighted by Gasteiger charge is -2.08. The van der Waals surface area contributed by atoms with Crippen molar-refractivity contribution < 1.29 is 28.9 Å². The highest BCUT2D eigenvalue weighted by molar-refractivity contribution is 5.78. The van der Waals surface area contributed by atoms with E-state index < -0.39 is 12.0 Å². The number of hydrogen-bond donors (Lipinski definition) is 4. The Morgan fingerprint density at radius 3 is 2.00 bits per heavy atom. The van der Waals surface area contributed by atoms with Crippen LogP contribution in [-0.4, -0.2) is 82.8 Å². The zero-order valence-corrected chi connectivity index (χ0v) is 15.1. The van der Waals surface area contributed by atoms with Crippen molar-refractivity contribution >= 4 is 11.9 Å². The highest BCUT2D eigenvalue weighted by Gasteiger charge is 2.12. The molecule has 0 rings (SSSR count). The second-order valence-electron chi connectivity index (χ2n) is 5.48. The summed E-state index contributed by atoms with van der Waals surface area (Å²) in [4.78, 5) is 22.0. The molecule has 0 aliphatic carbocycles. The summed E-state index contributed by atoms with van der Waals surface area (Å²) in [7, 11) is 1.91. The lowest BCUT2D eigenvalue weighted by molar-refractivity contribution is -0.138. The summed E-state index contributed by atoms with van der Waals surface area (Å²) in [6, 6.07) is -0.993. The van der Waals surface area contributed by atoms with Crippen LogP contribution in [0.2, 0.25) is 0 Å². The third-order valence-electron chi connectivity index (χ3n) is 3.25. The molecule has 9 heteroatoms. The Bertz CT molecular complexity index is 344. The number of carbonyl (C=O) groups excluding carboxylic acids is 1. The van der Waals surface area contributed by atoms with Crippen molar-refractivity contribution in [1.82, 2.24) is 10.6 Å². The summed E-state index contributed by atoms with van der Waals surface area (Å²) < 4.78 is 16.1. The van der Waals surface area contributed by atoms with Gasteiger partial charge in [0.25, 0.3) is 0 Å². The Morgan fingerprint density at radius 2 is 1.48 bits per heavy atom. The average molecular weight is 363 g/mol. The number of nitrogens with one attached hydrogen (secondary N) is 2. The van der Waals surface area contributed by atoms with Crippen molar-refractivity contribution in [1.29, 1.82) is 0 Å². The van der Waals surface area contributed by atoms with Gasteiger partial charge in [0, 0.05) is 26.2 Å². The van der Waals surface area contributed by atoms with E-state index in [1.165, 1.54) is 0 Å². The molecule has 25 heavy (non-hydrogen) atoms. The third-order valence-corrected chi connectivity index (χ3v) is 3.25. The predicted octanol–water partition coefficient (Wildman–Crippen LogP) is -0.656. The molecule has 0 saturated carbocycles. The van der Waals surface area contributed by atoms with Gasteiger partial charge in [-0.3, -0.25) is 9.59 Å². The van der Waals surface area contributed by atoms with Gasteiger partial charge in [-0.15, -0.1) is 0 Å². The van der Waals surface area contributed by atoms with Gasteiger partial charge in [0.1, 0.15) is 6.04 Å². The smallest absolute Gasteiger partial charge is 0.320 e. The molecular weight excluding hydrogens is 330 g/mol. The van der Waals surface area contributed by atoms with Crippen LogP contribution >= 0.6 is 0 Å². The molecule has 9 nitrogen and oxygen atoms in total. The van der Waals surface area contributed by atoms with E-state index in [1.807, 2.05) is 7.05 Å². The highest BCUT2D eigenvalue weighted by atomic mass is 16.5. The largest absolute Gasteiger partial charge is 0.480 e. The molecule has 0 radical (unpaired) electrons. The second-order valence-corrected chi connectivity index (χ2v) is 5.48. The number of nitrogens with two attached hydrogens (primary N) is 1. The summed E-state index contributed by atoms with van der Waals surface area (Å²) in [5.74, 6) is -1.29. The number of carboxylic acid groups (broad SMARTS) is 1. The van der Waals surface area contributed by atoms with E-state index in [2.05, 4.69) is 10.6 Å². The molecule has 0 aliphatic heterocycles. The van der Waals surface area contributed by atoms with Gasteiger partial charge < -0.3 is 35.7 Å². The normalized spacial score (nSPS) is 12.1. The molecule has 5 N–H and O–H groups in total. The number of rotatable bonds is 18. The molecule has 1 amide bonds. The first-order valence-electron chi connectivity index (χ1n) is 8.70. The van der Waals surface area contributed by atoms with Gasteiger partial charge in [-0.25, -0.2) is 0 Å². The van der Waals surface area contributed by atoms with Crippen LogP contribution in [0, 0.1) is 0 Å². The van der Waals surface area contributed by atoms with E-state index in [4.69, 9.17) is 25.1 Å². The predicted molar refractivity (Wildman–Crippen MR) is 93.5 cm³/mol. The van der Waals surface area contributed by atoms with Crippen LogP contribution in [0.1, 0.15) is 25.7 Å². The SMILES string of the molecule is CNCCCOCCOCCOCCCNC(=O)CC[C@H](N)C(=O)O. The zero-order valence-electron chi connectivity index (χ0n) is 15.1. The van der Waals surface area contributed by atoms with Crippen LogP contribution in [0.5, 0.6) is 0 Å². The Balaban J connectivity index is 3.20. The van der Waals surface area contributed by atoms with Crippen LogP contribution < -0.4 is 16.4 Å². The molecule has 148 valence electrons. The van der Waals surface area contributed by atoms with Crippen molar-refractivity contribution in [3.8, 4) is 0 Å². The highest BCUT2D eigenvalue weighted by Crippen LogP contribution is 1.94. The maximum Gasteiger partial charge on any atom is 0.320 e. The van der Waals surface area contributed by atoms with Gasteiger partial charge in [-0.2, -0.15) is 0 Å². The lowest BCUT2D eigenvalue weighted by Crippen LogP contribution is -2.33. The first-order chi connectivity index (χ1) is 12.1. The Hall–Kier alpha value is -1.26. The molecule has 0 unspecified atom stereocenters. The minimum absolute atomic E-state index is 0.110. The lowest BCUT2D eigenvalue weighted by atomic mass is 10.1. The fourth-order valence-corrected chi connectivity index (χ4v) is 1.79. The monoisotopic (exact) mass is 363 g/mol. The van der Waals surface area contributed by atoms with Crippen LogP contribution in [0.25, 0.3) is 0 Å². The molecule has 0 spiro atoms. The van der Waals surface area contributed by atoms with E-state index in [-0.39, 0.29) is 18.7 Å². The minimum atomic E-state index is -1.09. The first kappa shape index (κ1) is 23.7. The Morgan fingerprint density at radius 1 is 0.960 bits per heavy atom. The molecule has 0 aromatic rings. The van der Waals surface area contributed by atoms with E-state index in [0.717, 1.165) is 19.6 Å². The van der Waals surface area contributed by atoms with Gasteiger partial charge in [0.15, 0.2) is 0 Å². The summed E-state index contributed by atoms with van der Waals surface area (Å²) >= 11 is 0. The quantitative estimate of drug-likeness (QED) is 0.236. The Labute approximate surface area is 149 Å². The number of hydrogen-bond acceptors (Lipinski definition) is 7. The first-order valence-corrected chi connectivity index (χ1v) is 8.70.